The molecule has 0 bridgehead atoms. The third-order valence-corrected chi connectivity index (χ3v) is 9.46. The molecule has 1 aliphatic rings. The van der Waals surface area contributed by atoms with Gasteiger partial charge in [0.15, 0.2) is 17.1 Å². The minimum atomic E-state index is -4.58. The van der Waals surface area contributed by atoms with E-state index in [1.165, 1.54) is 48.5 Å². The van der Waals surface area contributed by atoms with Gasteiger partial charge in [0, 0.05) is 64.7 Å². The molecule has 0 N–H and O–H groups in total. The summed E-state index contributed by atoms with van der Waals surface area (Å²) < 4.78 is 169. The zero-order chi connectivity index (χ0) is 46.6. The van der Waals surface area contributed by atoms with E-state index in [4.69, 9.17) is 17.1 Å². The van der Waals surface area contributed by atoms with E-state index in [1.807, 2.05) is 0 Å². The number of carbonyl (C=O) groups is 1. The van der Waals surface area contributed by atoms with E-state index in [-0.39, 0.29) is 42.1 Å². The highest BCUT2D eigenvalue weighted by Gasteiger charge is 2.31. The van der Waals surface area contributed by atoms with Crippen LogP contribution in [-0.4, -0.2) is 59.6 Å². The van der Waals surface area contributed by atoms with Crippen LogP contribution in [0.4, 0.5) is 22.0 Å². The smallest absolute Gasteiger partial charge is 0.383 e. The molecule has 5 aromatic rings. The number of para-hydroxylation sites is 1. The number of hydrogen-bond donors (Lipinski definition) is 0. The number of nitrogens with zero attached hydrogens (tertiary/aromatic N) is 3. The maximum atomic E-state index is 15.0. The number of hydrogen-bond acceptors (Lipinski definition) is 5. The fourth-order valence-electron chi connectivity index (χ4n) is 5.71. The Morgan fingerprint density at radius 1 is 1.00 bits per heavy atom. The zero-order valence-electron chi connectivity index (χ0n) is 38.5. The lowest BCUT2D eigenvalue weighted by molar-refractivity contribution is -0.137. The number of benzene rings is 4. The molecule has 1 fully saturated rings. The molecule has 6 rings (SSSR count). The van der Waals surface area contributed by atoms with Crippen molar-refractivity contribution in [3.8, 4) is 11.1 Å². The maximum Gasteiger partial charge on any atom is 0.416 e. The van der Waals surface area contributed by atoms with Crippen LogP contribution in [0.5, 0.6) is 0 Å². The second-order valence-electron chi connectivity index (χ2n) is 11.7. The van der Waals surface area contributed by atoms with Gasteiger partial charge < -0.3 is 19.1 Å². The molecule has 1 aliphatic heterocycles. The molecule has 52 heavy (non-hydrogen) atoms. The number of halogens is 5. The lowest BCUT2D eigenvalue weighted by atomic mass is 10.00. The Hall–Kier alpha value is -4.52. The molecular weight excluding hydrogens is 698 g/mol. The molecule has 272 valence electrons. The number of amides is 1. The molecule has 1 aromatic heterocycles. The van der Waals surface area contributed by atoms with Gasteiger partial charge in [0.25, 0.3) is 0 Å². The van der Waals surface area contributed by atoms with Crippen molar-refractivity contribution < 1.29 is 46.6 Å². The maximum absolute atomic E-state index is 15.0. The highest BCUT2D eigenvalue weighted by molar-refractivity contribution is 7.98. The number of aromatic nitrogens is 1. The van der Waals surface area contributed by atoms with Crippen molar-refractivity contribution in [2.45, 2.75) is 48.9 Å². The summed E-state index contributed by atoms with van der Waals surface area (Å²) in [7, 11) is 0.993. The van der Waals surface area contributed by atoms with Crippen molar-refractivity contribution in [1.82, 2.24) is 14.4 Å². The van der Waals surface area contributed by atoms with Gasteiger partial charge in [0.05, 0.1) is 35.0 Å². The molecule has 1 amide bonds. The second kappa shape index (κ2) is 16.4. The van der Waals surface area contributed by atoms with Crippen LogP contribution >= 0.6 is 11.8 Å². The Kier molecular flexibility index (Phi) is 8.05. The Labute approximate surface area is 318 Å². The number of thioether (sulfide) groups is 1. The van der Waals surface area contributed by atoms with Crippen LogP contribution < -0.4 is 5.43 Å². The highest BCUT2D eigenvalue weighted by Crippen LogP contribution is 2.32. The molecule has 0 unspecified atom stereocenters. The Bertz CT molecular complexity index is 2610. The van der Waals surface area contributed by atoms with Gasteiger partial charge in [-0.3, -0.25) is 9.59 Å². The minimum absolute atomic E-state index is 0.121. The number of rotatable bonds is 12. The third-order valence-electron chi connectivity index (χ3n) is 8.40. The minimum Gasteiger partial charge on any atom is -0.383 e. The number of likely N-dealkylation sites (tertiary alicyclic amines) is 1. The normalized spacial score (nSPS) is 18.1. The average Bonchev–Trinajstić information content (AvgIpc) is 3.24. The predicted molar refractivity (Wildman–Crippen MR) is 193 cm³/mol. The zero-order valence-corrected chi connectivity index (χ0v) is 28.4. The fraction of sp³-hybridized carbons (Fsp3) is 0.300. The summed E-state index contributed by atoms with van der Waals surface area (Å²) in [6, 6.07) is 7.94. The largest absolute Gasteiger partial charge is 0.416 e. The molecule has 2 heterocycles. The summed E-state index contributed by atoms with van der Waals surface area (Å²) in [6.45, 7) is -9.60. The average molecular weight is 747 g/mol. The Morgan fingerprint density at radius 3 is 2.35 bits per heavy atom. The van der Waals surface area contributed by atoms with Crippen LogP contribution in [0.15, 0.2) is 107 Å². The molecule has 4 aromatic carbocycles. The Balaban J connectivity index is 1.47. The van der Waals surface area contributed by atoms with Crippen LogP contribution in [0.1, 0.15) is 44.6 Å². The summed E-state index contributed by atoms with van der Waals surface area (Å²) in [5.74, 6) is -3.91. The summed E-state index contributed by atoms with van der Waals surface area (Å²) in [6.07, 6.45) is -4.85. The topological polar surface area (TPSA) is 54.8 Å². The van der Waals surface area contributed by atoms with Crippen molar-refractivity contribution in [2.75, 3.05) is 33.3 Å². The van der Waals surface area contributed by atoms with Gasteiger partial charge in [0.1, 0.15) is 6.54 Å². The monoisotopic (exact) mass is 746 g/mol. The molecular formula is C40H38F5N3O3S. The summed E-state index contributed by atoms with van der Waals surface area (Å²) in [5.41, 5.74) is -2.12. The van der Waals surface area contributed by atoms with E-state index in [0.717, 1.165) is 39.7 Å². The number of fused-ring (bicyclic) bond motifs is 1. The number of piperidine rings is 1. The third kappa shape index (κ3) is 8.74. The van der Waals surface area contributed by atoms with Gasteiger partial charge in [-0.1, -0.05) is 60.6 Å². The number of pyridine rings is 1. The Morgan fingerprint density at radius 2 is 1.67 bits per heavy atom. The first-order chi connectivity index (χ1) is 29.3. The SMILES string of the molecule is [2H]c1c([2H])c([2H])c2c(c1[2H])c(=O)c([2H])c(SCc1cccc(F)c1F)n2CC(=O)N(C1CCN(C([2H])([2H])C([2H])([2H])OC)CC1)C([2H])([2H])c1ccc(-c2ccc(C(F)(F)F)cc2)cc1. The van der Waals surface area contributed by atoms with Gasteiger partial charge in [-0.05, 0) is 59.8 Å². The van der Waals surface area contributed by atoms with Crippen molar-refractivity contribution in [3.05, 3.63) is 135 Å². The fourth-order valence-corrected chi connectivity index (χ4v) is 6.71. The van der Waals surface area contributed by atoms with Gasteiger partial charge in [0.2, 0.25) is 5.91 Å². The first-order valence-corrected chi connectivity index (χ1v) is 16.9. The number of carbonyl (C=O) groups excluding carboxylic acids is 1. The highest BCUT2D eigenvalue weighted by atomic mass is 32.2. The van der Waals surface area contributed by atoms with E-state index in [0.29, 0.717) is 22.9 Å². The van der Waals surface area contributed by atoms with E-state index >= 15 is 0 Å². The van der Waals surface area contributed by atoms with E-state index in [9.17, 15) is 34.3 Å². The van der Waals surface area contributed by atoms with Crippen LogP contribution in [-0.2, 0) is 34.5 Å². The lowest BCUT2D eigenvalue weighted by Gasteiger charge is -2.39. The lowest BCUT2D eigenvalue weighted by Crippen LogP contribution is -2.48. The molecule has 0 atom stereocenters. The van der Waals surface area contributed by atoms with Gasteiger partial charge in [-0.15, -0.1) is 11.8 Å². The van der Waals surface area contributed by atoms with E-state index in [2.05, 4.69) is 0 Å². The summed E-state index contributed by atoms with van der Waals surface area (Å²) in [4.78, 5) is 30.7. The van der Waals surface area contributed by atoms with Gasteiger partial charge >= 0.3 is 6.18 Å². The number of methoxy groups -OCH3 is 1. The first-order valence-electron chi connectivity index (χ1n) is 21.4. The molecule has 0 radical (unpaired) electrons. The van der Waals surface area contributed by atoms with Crippen molar-refractivity contribution in [2.24, 2.45) is 0 Å². The molecule has 12 heteroatoms. The van der Waals surface area contributed by atoms with Crippen LogP contribution in [0.3, 0.4) is 0 Å². The molecule has 0 spiro atoms. The van der Waals surface area contributed by atoms with Crippen molar-refractivity contribution in [3.63, 3.8) is 0 Å². The number of alkyl halides is 3. The second-order valence-corrected chi connectivity index (χ2v) is 12.7. The molecule has 0 saturated carbocycles. The molecule has 0 aliphatic carbocycles. The molecule has 6 nitrogen and oxygen atoms in total. The first kappa shape index (κ1) is 25.5. The number of ether oxygens (including phenoxy) is 1. The van der Waals surface area contributed by atoms with Crippen LogP contribution in [0.2, 0.25) is 0 Å². The van der Waals surface area contributed by atoms with E-state index < -0.39 is 114 Å². The summed E-state index contributed by atoms with van der Waals surface area (Å²) >= 11 is 0.599. The van der Waals surface area contributed by atoms with Gasteiger partial charge in [-0.25, -0.2) is 8.78 Å². The van der Waals surface area contributed by atoms with Crippen LogP contribution in [0, 0.1) is 11.6 Å². The molecule has 1 saturated heterocycles. The van der Waals surface area contributed by atoms with E-state index in [1.54, 1.807) is 0 Å². The summed E-state index contributed by atoms with van der Waals surface area (Å²) in [5, 5.41) is -1.04. The quantitative estimate of drug-likeness (QED) is 0.0949. The van der Waals surface area contributed by atoms with Crippen molar-refractivity contribution >= 4 is 28.6 Å². The van der Waals surface area contributed by atoms with Crippen molar-refractivity contribution in [1.29, 1.82) is 0 Å². The predicted octanol–water partition coefficient (Wildman–Crippen LogP) is 8.40. The van der Waals surface area contributed by atoms with Gasteiger partial charge in [-0.2, -0.15) is 13.2 Å². The standard InChI is InChI=1S/C40H38F5N3O3S/c1-51-22-21-46-19-17-32(18-20-46)47(24-27-9-11-28(12-10-27)29-13-15-31(16-14-29)40(43,44)45)37(50)25-48-35-8-3-2-6-33(35)36(49)23-38(48)52-26-30-5-4-7-34(41)39(30)42/h2-16,23,32H,17-22,24-26H2,1H3/i2D,3D,6D,8D,21D2,22D2,23D,24D2. The van der Waals surface area contributed by atoms with Crippen LogP contribution in [0.25, 0.3) is 22.0 Å².